The summed E-state index contributed by atoms with van der Waals surface area (Å²) in [5.74, 6) is 0.613. The van der Waals surface area contributed by atoms with Crippen LogP contribution in [0.4, 0.5) is 5.95 Å². The number of nitrogens with zero attached hydrogens (tertiary/aromatic N) is 5. The van der Waals surface area contributed by atoms with Crippen molar-refractivity contribution in [3.63, 3.8) is 0 Å². The van der Waals surface area contributed by atoms with E-state index in [2.05, 4.69) is 9.88 Å². The van der Waals surface area contributed by atoms with E-state index in [0.29, 0.717) is 44.1 Å². The minimum Gasteiger partial charge on any atom is -0.339 e. The lowest BCUT2D eigenvalue weighted by atomic mass is 10.1. The van der Waals surface area contributed by atoms with Crippen LogP contribution in [-0.4, -0.2) is 52.9 Å². The molecule has 1 aromatic carbocycles. The number of hydrogen-bond donors (Lipinski definition) is 0. The normalized spacial score (nSPS) is 15.5. The van der Waals surface area contributed by atoms with E-state index in [1.807, 2.05) is 49.4 Å². The molecule has 0 saturated carbocycles. The van der Waals surface area contributed by atoms with Crippen molar-refractivity contribution in [2.45, 2.75) is 31.6 Å². The highest BCUT2D eigenvalue weighted by Gasteiger charge is 2.31. The van der Waals surface area contributed by atoms with Gasteiger partial charge in [0.1, 0.15) is 0 Å². The van der Waals surface area contributed by atoms with E-state index in [-0.39, 0.29) is 17.4 Å². The van der Waals surface area contributed by atoms with Crippen LogP contribution in [0, 0.1) is 0 Å². The number of sulfonamides is 1. The lowest BCUT2D eigenvalue weighted by molar-refractivity contribution is 0.308. The number of anilines is 1. The molecule has 0 unspecified atom stereocenters. The van der Waals surface area contributed by atoms with Crippen molar-refractivity contribution in [3.8, 4) is 11.3 Å². The van der Waals surface area contributed by atoms with Gasteiger partial charge in [-0.25, -0.2) is 17.7 Å². The smallest absolute Gasteiger partial charge is 0.255 e. The molecule has 4 rings (SSSR count). The van der Waals surface area contributed by atoms with Gasteiger partial charge in [0.05, 0.1) is 11.4 Å². The summed E-state index contributed by atoms with van der Waals surface area (Å²) >= 11 is 0. The first-order chi connectivity index (χ1) is 15.9. The molecule has 0 atom stereocenters. The van der Waals surface area contributed by atoms with Crippen LogP contribution >= 0.6 is 0 Å². The Kier molecular flexibility index (Phi) is 6.90. The average molecular weight is 468 g/mol. The molecule has 174 valence electrons. The molecule has 9 heteroatoms. The quantitative estimate of drug-likeness (QED) is 0.531. The fourth-order valence-electron chi connectivity index (χ4n) is 4.33. The SMILES string of the molecule is CCN(c1nc(-c2ccncc2)cc(=O)n1C)C1CCN(S(=O)(=O)Cc2ccccc2)CC1. The number of aromatic nitrogens is 3. The summed E-state index contributed by atoms with van der Waals surface area (Å²) in [6.07, 6.45) is 4.71. The van der Waals surface area contributed by atoms with Crippen LogP contribution in [-0.2, 0) is 22.8 Å². The van der Waals surface area contributed by atoms with Gasteiger partial charge in [0, 0.05) is 56.7 Å². The van der Waals surface area contributed by atoms with Crippen molar-refractivity contribution in [1.29, 1.82) is 0 Å². The zero-order valence-corrected chi connectivity index (χ0v) is 19.8. The Balaban J connectivity index is 1.52. The fraction of sp³-hybridized carbons (Fsp3) is 0.375. The molecule has 33 heavy (non-hydrogen) atoms. The van der Waals surface area contributed by atoms with E-state index >= 15 is 0 Å². The Hall–Kier alpha value is -3.04. The summed E-state index contributed by atoms with van der Waals surface area (Å²) in [6, 6.07) is 14.6. The van der Waals surface area contributed by atoms with Crippen molar-refractivity contribution in [2.24, 2.45) is 7.05 Å². The van der Waals surface area contributed by atoms with Crippen LogP contribution in [0.3, 0.4) is 0 Å². The average Bonchev–Trinajstić information content (AvgIpc) is 2.83. The molecule has 3 heterocycles. The molecular weight excluding hydrogens is 438 g/mol. The second-order valence-corrected chi connectivity index (χ2v) is 10.2. The third-order valence-electron chi connectivity index (χ3n) is 6.13. The lowest BCUT2D eigenvalue weighted by Gasteiger charge is -2.38. The molecule has 0 radical (unpaired) electrons. The number of hydrogen-bond acceptors (Lipinski definition) is 6. The van der Waals surface area contributed by atoms with Crippen LogP contribution in [0.5, 0.6) is 0 Å². The standard InChI is InChI=1S/C24H29N5O3S/c1-3-29(24-26-22(17-23(30)27(24)2)20-9-13-25-14-10-20)21-11-15-28(16-12-21)33(31,32)18-19-7-5-4-6-8-19/h4-10,13-14,17,21H,3,11-12,15-16,18H2,1-2H3. The molecule has 0 amide bonds. The van der Waals surface area contributed by atoms with Gasteiger partial charge < -0.3 is 4.90 Å². The van der Waals surface area contributed by atoms with Crippen LogP contribution in [0.25, 0.3) is 11.3 Å². The highest BCUT2D eigenvalue weighted by molar-refractivity contribution is 7.88. The molecule has 8 nitrogen and oxygen atoms in total. The van der Waals surface area contributed by atoms with E-state index in [9.17, 15) is 13.2 Å². The fourth-order valence-corrected chi connectivity index (χ4v) is 5.89. The molecule has 1 aliphatic heterocycles. The van der Waals surface area contributed by atoms with Crippen molar-refractivity contribution in [1.82, 2.24) is 18.8 Å². The van der Waals surface area contributed by atoms with Gasteiger partial charge in [-0.15, -0.1) is 0 Å². The van der Waals surface area contributed by atoms with Crippen molar-refractivity contribution >= 4 is 16.0 Å². The maximum atomic E-state index is 12.9. The minimum absolute atomic E-state index is 0.0139. The van der Waals surface area contributed by atoms with Gasteiger partial charge in [0.15, 0.2) is 0 Å². The van der Waals surface area contributed by atoms with E-state index in [4.69, 9.17) is 4.98 Å². The van der Waals surface area contributed by atoms with Gasteiger partial charge in [-0.2, -0.15) is 0 Å². The molecule has 0 spiro atoms. The van der Waals surface area contributed by atoms with Gasteiger partial charge in [0.25, 0.3) is 5.56 Å². The minimum atomic E-state index is -3.38. The molecule has 0 aliphatic carbocycles. The first-order valence-corrected chi connectivity index (χ1v) is 12.8. The second-order valence-electron chi connectivity index (χ2n) is 8.23. The maximum Gasteiger partial charge on any atom is 0.255 e. The number of rotatable bonds is 7. The van der Waals surface area contributed by atoms with Gasteiger partial charge in [-0.1, -0.05) is 30.3 Å². The number of pyridine rings is 1. The Morgan fingerprint density at radius 2 is 1.73 bits per heavy atom. The zero-order chi connectivity index (χ0) is 23.4. The third kappa shape index (κ3) is 5.15. The van der Waals surface area contributed by atoms with E-state index in [1.165, 1.54) is 6.07 Å². The molecule has 0 N–H and O–H groups in total. The Labute approximate surface area is 194 Å². The molecular formula is C24H29N5O3S. The van der Waals surface area contributed by atoms with Crippen molar-refractivity contribution < 1.29 is 8.42 Å². The number of piperidine rings is 1. The van der Waals surface area contributed by atoms with Crippen LogP contribution in [0.15, 0.2) is 65.7 Å². The van der Waals surface area contributed by atoms with Gasteiger partial charge in [0.2, 0.25) is 16.0 Å². The van der Waals surface area contributed by atoms with Crippen molar-refractivity contribution in [3.05, 3.63) is 76.8 Å². The highest BCUT2D eigenvalue weighted by atomic mass is 32.2. The monoisotopic (exact) mass is 467 g/mol. The summed E-state index contributed by atoms with van der Waals surface area (Å²) in [5, 5.41) is 0. The highest BCUT2D eigenvalue weighted by Crippen LogP contribution is 2.25. The van der Waals surface area contributed by atoms with Crippen LogP contribution in [0.1, 0.15) is 25.3 Å². The largest absolute Gasteiger partial charge is 0.339 e. The van der Waals surface area contributed by atoms with E-state index in [1.54, 1.807) is 28.3 Å². The first kappa shape index (κ1) is 23.1. The predicted octanol–water partition coefficient (Wildman–Crippen LogP) is 2.66. The summed E-state index contributed by atoms with van der Waals surface area (Å²) in [4.78, 5) is 23.6. The molecule has 2 aromatic heterocycles. The van der Waals surface area contributed by atoms with E-state index in [0.717, 1.165) is 11.1 Å². The second kappa shape index (κ2) is 9.84. The molecule has 3 aromatic rings. The summed E-state index contributed by atoms with van der Waals surface area (Å²) in [6.45, 7) is 3.61. The van der Waals surface area contributed by atoms with Crippen molar-refractivity contribution in [2.75, 3.05) is 24.5 Å². The summed E-state index contributed by atoms with van der Waals surface area (Å²) in [5.41, 5.74) is 2.11. The third-order valence-corrected chi connectivity index (χ3v) is 7.98. The Morgan fingerprint density at radius 1 is 1.06 bits per heavy atom. The van der Waals surface area contributed by atoms with E-state index < -0.39 is 10.0 Å². The predicted molar refractivity (Wildman–Crippen MR) is 129 cm³/mol. The Morgan fingerprint density at radius 3 is 2.36 bits per heavy atom. The number of benzene rings is 1. The molecule has 1 aliphatic rings. The Bertz CT molecular complexity index is 1240. The molecule has 0 bridgehead atoms. The molecule has 1 fully saturated rings. The lowest BCUT2D eigenvalue weighted by Crippen LogP contribution is -2.48. The van der Waals surface area contributed by atoms with Crippen LogP contribution < -0.4 is 10.5 Å². The maximum absolute atomic E-state index is 12.9. The summed E-state index contributed by atoms with van der Waals surface area (Å²) in [7, 11) is -1.65. The van der Waals surface area contributed by atoms with Crippen LogP contribution in [0.2, 0.25) is 0 Å². The summed E-state index contributed by atoms with van der Waals surface area (Å²) < 4.78 is 29.0. The first-order valence-electron chi connectivity index (χ1n) is 11.2. The molecule has 1 saturated heterocycles. The van der Waals surface area contributed by atoms with Gasteiger partial charge >= 0.3 is 0 Å². The zero-order valence-electron chi connectivity index (χ0n) is 19.0. The van der Waals surface area contributed by atoms with Gasteiger partial charge in [-0.05, 0) is 37.5 Å². The topological polar surface area (TPSA) is 88.4 Å². The van der Waals surface area contributed by atoms with Gasteiger partial charge in [-0.3, -0.25) is 14.3 Å².